The largest absolute Gasteiger partial charge is 0.325 e. The van der Waals surface area contributed by atoms with Crippen LogP contribution in [0.2, 0.25) is 0 Å². The molecule has 0 spiro atoms. The first-order chi connectivity index (χ1) is 8.95. The van der Waals surface area contributed by atoms with Crippen molar-refractivity contribution in [1.29, 1.82) is 0 Å². The first kappa shape index (κ1) is 13.5. The lowest BCUT2D eigenvalue weighted by Gasteiger charge is -2.10. The SMILES string of the molecule is Cc1cnccc1NS(=O)(=O)c1c(CN)n[nH]c1C. The number of anilines is 1. The second-order valence-electron chi connectivity index (χ2n) is 4.12. The highest BCUT2D eigenvalue weighted by molar-refractivity contribution is 7.92. The van der Waals surface area contributed by atoms with E-state index in [2.05, 4.69) is 19.9 Å². The van der Waals surface area contributed by atoms with E-state index in [1.807, 2.05) is 0 Å². The van der Waals surface area contributed by atoms with E-state index in [1.165, 1.54) is 6.20 Å². The Labute approximate surface area is 111 Å². The van der Waals surface area contributed by atoms with Crippen LogP contribution >= 0.6 is 0 Å². The average Bonchev–Trinajstić information content (AvgIpc) is 2.74. The number of nitrogens with one attached hydrogen (secondary N) is 2. The van der Waals surface area contributed by atoms with E-state index >= 15 is 0 Å². The number of aromatic nitrogens is 3. The van der Waals surface area contributed by atoms with Crippen molar-refractivity contribution in [1.82, 2.24) is 15.2 Å². The Balaban J connectivity index is 2.44. The Hall–Kier alpha value is -1.93. The molecule has 102 valence electrons. The number of aryl methyl sites for hydroxylation is 2. The number of H-pyrrole nitrogens is 1. The fourth-order valence-electron chi connectivity index (χ4n) is 1.75. The molecule has 0 aromatic carbocycles. The Kier molecular flexibility index (Phi) is 3.54. The highest BCUT2D eigenvalue weighted by Gasteiger charge is 2.24. The minimum Gasteiger partial charge on any atom is -0.325 e. The van der Waals surface area contributed by atoms with Gasteiger partial charge in [0.05, 0.1) is 17.1 Å². The van der Waals surface area contributed by atoms with Gasteiger partial charge >= 0.3 is 0 Å². The average molecular weight is 281 g/mol. The molecule has 0 radical (unpaired) electrons. The molecule has 19 heavy (non-hydrogen) atoms. The van der Waals surface area contributed by atoms with Gasteiger partial charge in [-0.2, -0.15) is 5.10 Å². The summed E-state index contributed by atoms with van der Waals surface area (Å²) < 4.78 is 27.3. The summed E-state index contributed by atoms with van der Waals surface area (Å²) in [5.41, 5.74) is 7.50. The van der Waals surface area contributed by atoms with Gasteiger partial charge in [-0.1, -0.05) is 0 Å². The van der Waals surface area contributed by atoms with Gasteiger partial charge in [-0.15, -0.1) is 0 Å². The summed E-state index contributed by atoms with van der Waals surface area (Å²) in [5.74, 6) is 0. The molecule has 2 aromatic rings. The lowest BCUT2D eigenvalue weighted by molar-refractivity contribution is 0.599. The zero-order valence-corrected chi connectivity index (χ0v) is 11.5. The van der Waals surface area contributed by atoms with Crippen LogP contribution in [0.3, 0.4) is 0 Å². The van der Waals surface area contributed by atoms with Gasteiger partial charge in [0.15, 0.2) is 0 Å². The van der Waals surface area contributed by atoms with Crippen molar-refractivity contribution in [3.63, 3.8) is 0 Å². The summed E-state index contributed by atoms with van der Waals surface area (Å²) in [5, 5.41) is 6.52. The van der Waals surface area contributed by atoms with Crippen LogP contribution < -0.4 is 10.5 Å². The molecule has 2 heterocycles. The van der Waals surface area contributed by atoms with Crippen molar-refractivity contribution >= 4 is 15.7 Å². The third-order valence-electron chi connectivity index (χ3n) is 2.69. The number of nitrogens with zero attached hydrogens (tertiary/aromatic N) is 2. The molecule has 0 saturated carbocycles. The second-order valence-corrected chi connectivity index (χ2v) is 5.74. The van der Waals surface area contributed by atoms with E-state index < -0.39 is 10.0 Å². The summed E-state index contributed by atoms with van der Waals surface area (Å²) >= 11 is 0. The van der Waals surface area contributed by atoms with Crippen LogP contribution in [0.4, 0.5) is 5.69 Å². The number of sulfonamides is 1. The Morgan fingerprint density at radius 1 is 1.42 bits per heavy atom. The summed E-state index contributed by atoms with van der Waals surface area (Å²) in [6.07, 6.45) is 3.11. The molecule has 0 atom stereocenters. The van der Waals surface area contributed by atoms with Gasteiger partial charge in [0.2, 0.25) is 0 Å². The van der Waals surface area contributed by atoms with Gasteiger partial charge in [0.1, 0.15) is 4.90 Å². The van der Waals surface area contributed by atoms with E-state index in [0.717, 1.165) is 5.56 Å². The molecule has 0 aliphatic rings. The third-order valence-corrected chi connectivity index (χ3v) is 4.26. The molecule has 0 bridgehead atoms. The molecular formula is C11H15N5O2S. The van der Waals surface area contributed by atoms with Crippen molar-refractivity contribution in [3.8, 4) is 0 Å². The normalized spacial score (nSPS) is 11.5. The molecule has 0 unspecified atom stereocenters. The maximum Gasteiger partial charge on any atom is 0.265 e. The molecule has 0 fully saturated rings. The van der Waals surface area contributed by atoms with E-state index in [0.29, 0.717) is 17.1 Å². The lowest BCUT2D eigenvalue weighted by atomic mass is 10.3. The van der Waals surface area contributed by atoms with E-state index in [4.69, 9.17) is 5.73 Å². The number of nitrogens with two attached hydrogens (primary N) is 1. The predicted molar refractivity (Wildman–Crippen MR) is 71.0 cm³/mol. The van der Waals surface area contributed by atoms with Gasteiger partial charge in [-0.25, -0.2) is 8.42 Å². The second kappa shape index (κ2) is 4.98. The summed E-state index contributed by atoms with van der Waals surface area (Å²) in [4.78, 5) is 4.02. The van der Waals surface area contributed by atoms with Gasteiger partial charge in [-0.05, 0) is 25.5 Å². The third kappa shape index (κ3) is 2.59. The molecule has 8 heteroatoms. The van der Waals surface area contributed by atoms with Crippen LogP contribution in [0.1, 0.15) is 17.0 Å². The van der Waals surface area contributed by atoms with Crippen molar-refractivity contribution in [3.05, 3.63) is 35.4 Å². The molecule has 0 amide bonds. The van der Waals surface area contributed by atoms with Crippen LogP contribution in [0.15, 0.2) is 23.4 Å². The maximum atomic E-state index is 12.4. The zero-order valence-electron chi connectivity index (χ0n) is 10.6. The quantitative estimate of drug-likeness (QED) is 0.762. The van der Waals surface area contributed by atoms with E-state index in [9.17, 15) is 8.42 Å². The number of hydrogen-bond donors (Lipinski definition) is 3. The molecule has 0 aliphatic carbocycles. The topological polar surface area (TPSA) is 114 Å². The van der Waals surface area contributed by atoms with Gasteiger partial charge < -0.3 is 5.73 Å². The summed E-state index contributed by atoms with van der Waals surface area (Å²) in [7, 11) is -3.72. The zero-order chi connectivity index (χ0) is 14.0. The van der Waals surface area contributed by atoms with Crippen LogP contribution in [0, 0.1) is 13.8 Å². The molecule has 4 N–H and O–H groups in total. The summed E-state index contributed by atoms with van der Waals surface area (Å²) in [6.45, 7) is 3.47. The van der Waals surface area contributed by atoms with Gasteiger partial charge in [-0.3, -0.25) is 14.8 Å². The first-order valence-electron chi connectivity index (χ1n) is 5.63. The fraction of sp³-hybridized carbons (Fsp3) is 0.273. The number of aromatic amines is 1. The summed E-state index contributed by atoms with van der Waals surface area (Å²) in [6, 6.07) is 1.60. The fourth-order valence-corrected chi connectivity index (χ4v) is 3.26. The molecule has 2 aromatic heterocycles. The highest BCUT2D eigenvalue weighted by Crippen LogP contribution is 2.22. The van der Waals surface area contributed by atoms with Crippen molar-refractivity contribution in [2.45, 2.75) is 25.3 Å². The van der Waals surface area contributed by atoms with Gasteiger partial charge in [0, 0.05) is 18.9 Å². The Bertz CT molecular complexity index is 693. The van der Waals surface area contributed by atoms with Gasteiger partial charge in [0.25, 0.3) is 10.0 Å². The van der Waals surface area contributed by atoms with Crippen LogP contribution in [0.5, 0.6) is 0 Å². The van der Waals surface area contributed by atoms with Crippen molar-refractivity contribution in [2.75, 3.05) is 4.72 Å². The van der Waals surface area contributed by atoms with Crippen LogP contribution in [-0.2, 0) is 16.6 Å². The van der Waals surface area contributed by atoms with Crippen LogP contribution in [-0.4, -0.2) is 23.6 Å². The molecule has 0 aliphatic heterocycles. The molecule has 2 rings (SSSR count). The number of rotatable bonds is 4. The highest BCUT2D eigenvalue weighted by atomic mass is 32.2. The lowest BCUT2D eigenvalue weighted by Crippen LogP contribution is -2.17. The number of pyridine rings is 1. The monoisotopic (exact) mass is 281 g/mol. The maximum absolute atomic E-state index is 12.4. The van der Waals surface area contributed by atoms with Crippen molar-refractivity contribution < 1.29 is 8.42 Å². The molecule has 0 saturated heterocycles. The minimum absolute atomic E-state index is 0.0515. The number of hydrogen-bond acceptors (Lipinski definition) is 5. The Morgan fingerprint density at radius 2 is 2.16 bits per heavy atom. The first-order valence-corrected chi connectivity index (χ1v) is 7.11. The van der Waals surface area contributed by atoms with E-state index in [-0.39, 0.29) is 11.4 Å². The standard InChI is InChI=1S/C11H15N5O2S/c1-7-6-13-4-3-9(7)16-19(17,18)11-8(2)14-15-10(11)5-12/h3-4,6H,5,12H2,1-2H3,(H,13,16)(H,14,15). The molecule has 7 nitrogen and oxygen atoms in total. The smallest absolute Gasteiger partial charge is 0.265 e. The molecular weight excluding hydrogens is 266 g/mol. The Morgan fingerprint density at radius 3 is 2.79 bits per heavy atom. The van der Waals surface area contributed by atoms with E-state index in [1.54, 1.807) is 26.1 Å². The predicted octanol–water partition coefficient (Wildman–Crippen LogP) is 0.681. The van der Waals surface area contributed by atoms with Crippen molar-refractivity contribution in [2.24, 2.45) is 5.73 Å². The van der Waals surface area contributed by atoms with Crippen LogP contribution in [0.25, 0.3) is 0 Å². The minimum atomic E-state index is -3.72.